The van der Waals surface area contributed by atoms with Crippen molar-refractivity contribution >= 4 is 28.2 Å². The SMILES string of the molecule is C=C/C=C(CN=C(/C=C(\N)c1ncc2c(=O)n(C)[nH]c2n1)/C(CC)=N/O)\C(F)=C/C. The summed E-state index contributed by atoms with van der Waals surface area (Å²) in [4.78, 5) is 24.7. The summed E-state index contributed by atoms with van der Waals surface area (Å²) in [7, 11) is 1.57. The molecule has 0 saturated heterocycles. The fourth-order valence-corrected chi connectivity index (χ4v) is 2.59. The van der Waals surface area contributed by atoms with Gasteiger partial charge in [-0.2, -0.15) is 0 Å². The average molecular weight is 413 g/mol. The summed E-state index contributed by atoms with van der Waals surface area (Å²) in [6.45, 7) is 6.90. The van der Waals surface area contributed by atoms with Gasteiger partial charge in [0.1, 0.15) is 16.9 Å². The van der Waals surface area contributed by atoms with E-state index < -0.39 is 5.83 Å². The number of rotatable bonds is 8. The highest BCUT2D eigenvalue weighted by Gasteiger charge is 2.12. The van der Waals surface area contributed by atoms with Crippen molar-refractivity contribution in [2.45, 2.75) is 20.3 Å². The number of aromatic amines is 1. The Morgan fingerprint density at radius 3 is 2.83 bits per heavy atom. The topological polar surface area (TPSA) is 135 Å². The molecule has 0 aliphatic carbocycles. The molecule has 2 rings (SSSR count). The van der Waals surface area contributed by atoms with Crippen LogP contribution in [0.4, 0.5) is 4.39 Å². The standard InChI is InChI=1S/C20H24FN7O2/c1-5-8-12(14(21)6-2)10-23-17(16(7-3)27-30)9-15(22)19-24-11-13-18(25-19)26-28(4)20(13)29/h5-6,8-9,11,30H,1,7,10,22H2,2-4H3,(H,24,25,26)/b12-8-,14-6+,15-9-,23-17?,27-16+. The maximum absolute atomic E-state index is 14.0. The Balaban J connectivity index is 2.49. The van der Waals surface area contributed by atoms with Gasteiger partial charge < -0.3 is 10.9 Å². The lowest BCUT2D eigenvalue weighted by molar-refractivity contribution is 0.319. The van der Waals surface area contributed by atoms with Crippen molar-refractivity contribution in [3.8, 4) is 0 Å². The third kappa shape index (κ3) is 4.96. The van der Waals surface area contributed by atoms with Crippen molar-refractivity contribution in [1.29, 1.82) is 0 Å². The molecule has 158 valence electrons. The van der Waals surface area contributed by atoms with E-state index in [1.165, 1.54) is 35.2 Å². The van der Waals surface area contributed by atoms with Crippen LogP contribution in [-0.4, -0.2) is 42.9 Å². The zero-order valence-electron chi connectivity index (χ0n) is 17.1. The van der Waals surface area contributed by atoms with Crippen LogP contribution in [0.15, 0.2) is 63.4 Å². The Morgan fingerprint density at radius 1 is 1.50 bits per heavy atom. The lowest BCUT2D eigenvalue weighted by Gasteiger charge is -2.07. The second-order valence-electron chi connectivity index (χ2n) is 6.20. The third-order valence-corrected chi connectivity index (χ3v) is 4.20. The number of nitrogens with two attached hydrogens (primary N) is 1. The van der Waals surface area contributed by atoms with Crippen LogP contribution in [0.5, 0.6) is 0 Å². The monoisotopic (exact) mass is 413 g/mol. The van der Waals surface area contributed by atoms with Crippen molar-refractivity contribution in [2.24, 2.45) is 22.9 Å². The molecule has 2 aromatic rings. The van der Waals surface area contributed by atoms with E-state index in [2.05, 4.69) is 31.8 Å². The zero-order chi connectivity index (χ0) is 22.3. The van der Waals surface area contributed by atoms with Crippen molar-refractivity contribution in [1.82, 2.24) is 19.7 Å². The normalized spacial score (nSPS) is 14.5. The molecule has 10 heteroatoms. The molecule has 0 saturated carbocycles. The van der Waals surface area contributed by atoms with Crippen LogP contribution in [0, 0.1) is 0 Å². The molecule has 0 amide bonds. The molecule has 0 aromatic carbocycles. The Hall–Kier alpha value is -3.82. The number of H-pyrrole nitrogens is 1. The van der Waals surface area contributed by atoms with Gasteiger partial charge in [-0.25, -0.2) is 14.4 Å². The number of aryl methyl sites for hydroxylation is 1. The number of oxime groups is 1. The number of aromatic nitrogens is 4. The summed E-state index contributed by atoms with van der Waals surface area (Å²) in [5, 5.41) is 15.7. The van der Waals surface area contributed by atoms with Gasteiger partial charge in [-0.15, -0.1) is 0 Å². The largest absolute Gasteiger partial charge is 0.411 e. The molecule has 0 unspecified atom stereocenters. The van der Waals surface area contributed by atoms with E-state index in [9.17, 15) is 14.4 Å². The van der Waals surface area contributed by atoms with E-state index in [1.807, 2.05) is 0 Å². The molecule has 4 N–H and O–H groups in total. The van der Waals surface area contributed by atoms with Gasteiger partial charge in [0.05, 0.1) is 18.0 Å². The molecule has 0 aliphatic heterocycles. The van der Waals surface area contributed by atoms with Crippen molar-refractivity contribution in [3.05, 3.63) is 64.7 Å². The maximum atomic E-state index is 14.0. The fourth-order valence-electron chi connectivity index (χ4n) is 2.59. The van der Waals surface area contributed by atoms with E-state index in [0.29, 0.717) is 23.0 Å². The van der Waals surface area contributed by atoms with Crippen LogP contribution >= 0.6 is 0 Å². The molecule has 30 heavy (non-hydrogen) atoms. The number of nitrogens with zero attached hydrogens (tertiary/aromatic N) is 5. The molecule has 0 radical (unpaired) electrons. The number of fused-ring (bicyclic) bond motifs is 1. The van der Waals surface area contributed by atoms with E-state index in [4.69, 9.17) is 5.73 Å². The summed E-state index contributed by atoms with van der Waals surface area (Å²) in [5.41, 5.74) is 7.16. The second kappa shape index (κ2) is 10.1. The van der Waals surface area contributed by atoms with Gasteiger partial charge >= 0.3 is 0 Å². The van der Waals surface area contributed by atoms with Crippen LogP contribution in [0.1, 0.15) is 26.1 Å². The average Bonchev–Trinajstić information content (AvgIpc) is 3.03. The van der Waals surface area contributed by atoms with Crippen LogP contribution in [0.25, 0.3) is 16.7 Å². The van der Waals surface area contributed by atoms with Crippen LogP contribution in [0.2, 0.25) is 0 Å². The number of hydrogen-bond acceptors (Lipinski definition) is 7. The summed E-state index contributed by atoms with van der Waals surface area (Å²) in [5.74, 6) is -0.275. The first-order chi connectivity index (χ1) is 14.4. The zero-order valence-corrected chi connectivity index (χ0v) is 17.1. The second-order valence-corrected chi connectivity index (χ2v) is 6.20. The smallest absolute Gasteiger partial charge is 0.277 e. The fraction of sp³-hybridized carbons (Fsp3) is 0.250. The predicted octanol–water partition coefficient (Wildman–Crippen LogP) is 2.62. The molecule has 2 heterocycles. The molecule has 0 fully saturated rings. The summed E-state index contributed by atoms with van der Waals surface area (Å²) >= 11 is 0. The number of hydrogen-bond donors (Lipinski definition) is 3. The summed E-state index contributed by atoms with van der Waals surface area (Å²) in [6.07, 6.45) is 7.47. The first-order valence-electron chi connectivity index (χ1n) is 9.15. The molecule has 0 spiro atoms. The minimum absolute atomic E-state index is 0.0216. The van der Waals surface area contributed by atoms with Crippen molar-refractivity contribution in [3.63, 3.8) is 0 Å². The first kappa shape index (κ1) is 22.5. The summed E-state index contributed by atoms with van der Waals surface area (Å²) in [6, 6.07) is 0. The minimum Gasteiger partial charge on any atom is -0.411 e. The van der Waals surface area contributed by atoms with Crippen LogP contribution in [-0.2, 0) is 7.05 Å². The molecule has 0 aliphatic rings. The van der Waals surface area contributed by atoms with Gasteiger partial charge in [0.2, 0.25) is 0 Å². The minimum atomic E-state index is -0.434. The Labute approximate surface area is 172 Å². The van der Waals surface area contributed by atoms with Crippen molar-refractivity contribution < 1.29 is 9.60 Å². The third-order valence-electron chi connectivity index (χ3n) is 4.20. The van der Waals surface area contributed by atoms with E-state index in [0.717, 1.165) is 0 Å². The summed E-state index contributed by atoms with van der Waals surface area (Å²) < 4.78 is 15.3. The number of allylic oxidation sites excluding steroid dienone is 4. The van der Waals surface area contributed by atoms with Gasteiger partial charge in [-0.1, -0.05) is 36.9 Å². The van der Waals surface area contributed by atoms with Crippen molar-refractivity contribution in [2.75, 3.05) is 6.54 Å². The number of nitrogens with one attached hydrogen (secondary N) is 1. The lowest BCUT2D eigenvalue weighted by Crippen LogP contribution is -2.15. The van der Waals surface area contributed by atoms with Gasteiger partial charge in [0.25, 0.3) is 5.56 Å². The molecule has 2 aromatic heterocycles. The van der Waals surface area contributed by atoms with Gasteiger partial charge in [-0.3, -0.25) is 19.6 Å². The molecular weight excluding hydrogens is 389 g/mol. The Kier molecular flexibility index (Phi) is 7.56. The number of aliphatic imine (C=N–C) groups is 1. The quantitative estimate of drug-likeness (QED) is 0.265. The molecule has 9 nitrogen and oxygen atoms in total. The van der Waals surface area contributed by atoms with E-state index >= 15 is 0 Å². The molecule has 0 bridgehead atoms. The Bertz CT molecular complexity index is 1150. The highest BCUT2D eigenvalue weighted by atomic mass is 19.1. The maximum Gasteiger partial charge on any atom is 0.277 e. The highest BCUT2D eigenvalue weighted by molar-refractivity contribution is 6.47. The Morgan fingerprint density at radius 2 is 2.23 bits per heavy atom. The highest BCUT2D eigenvalue weighted by Crippen LogP contribution is 2.13. The molecule has 0 atom stereocenters. The van der Waals surface area contributed by atoms with Gasteiger partial charge in [-0.05, 0) is 19.4 Å². The predicted molar refractivity (Wildman–Crippen MR) is 116 cm³/mol. The van der Waals surface area contributed by atoms with Crippen LogP contribution < -0.4 is 11.3 Å². The molecular formula is C20H24FN7O2. The van der Waals surface area contributed by atoms with Gasteiger partial charge in [0.15, 0.2) is 11.5 Å². The first-order valence-corrected chi connectivity index (χ1v) is 9.15. The van der Waals surface area contributed by atoms with E-state index in [1.54, 1.807) is 20.9 Å². The number of halogens is 1. The van der Waals surface area contributed by atoms with E-state index in [-0.39, 0.29) is 35.0 Å². The van der Waals surface area contributed by atoms with Crippen LogP contribution in [0.3, 0.4) is 0 Å². The van der Waals surface area contributed by atoms with Gasteiger partial charge in [0, 0.05) is 18.8 Å². The lowest BCUT2D eigenvalue weighted by atomic mass is 10.1.